The van der Waals surface area contributed by atoms with Gasteiger partial charge in [-0.05, 0) is 18.9 Å². The molecule has 0 saturated carbocycles. The SMILES string of the molecule is CCC/C=C/Cc1c(CNC(=O)CC)oc2ccccc12. The summed E-state index contributed by atoms with van der Waals surface area (Å²) in [6.07, 6.45) is 7.97. The molecule has 1 N–H and O–H groups in total. The van der Waals surface area contributed by atoms with Crippen LogP contribution in [-0.2, 0) is 17.8 Å². The number of amides is 1. The van der Waals surface area contributed by atoms with Crippen LogP contribution in [-0.4, -0.2) is 5.91 Å². The van der Waals surface area contributed by atoms with Crippen LogP contribution in [0.2, 0.25) is 0 Å². The van der Waals surface area contributed by atoms with Gasteiger partial charge in [0.15, 0.2) is 0 Å². The molecule has 0 aliphatic heterocycles. The first kappa shape index (κ1) is 15.4. The van der Waals surface area contributed by atoms with Crippen LogP contribution in [0.3, 0.4) is 0 Å². The van der Waals surface area contributed by atoms with E-state index >= 15 is 0 Å². The number of hydrogen-bond donors (Lipinski definition) is 1. The fourth-order valence-electron chi connectivity index (χ4n) is 2.31. The first-order chi connectivity index (χ1) is 10.3. The van der Waals surface area contributed by atoms with Crippen molar-refractivity contribution < 1.29 is 9.21 Å². The molecule has 0 aliphatic rings. The van der Waals surface area contributed by atoms with Crippen molar-refractivity contribution in [3.63, 3.8) is 0 Å². The van der Waals surface area contributed by atoms with Crippen LogP contribution in [0.4, 0.5) is 0 Å². The molecule has 112 valence electrons. The van der Waals surface area contributed by atoms with E-state index in [1.165, 1.54) is 5.56 Å². The predicted octanol–water partition coefficient (Wildman–Crippen LogP) is 4.36. The molecule has 3 nitrogen and oxygen atoms in total. The maximum absolute atomic E-state index is 11.4. The van der Waals surface area contributed by atoms with Gasteiger partial charge in [0, 0.05) is 17.4 Å². The van der Waals surface area contributed by atoms with Gasteiger partial charge in [-0.15, -0.1) is 0 Å². The van der Waals surface area contributed by atoms with Gasteiger partial charge in [0.05, 0.1) is 6.54 Å². The number of hydrogen-bond acceptors (Lipinski definition) is 2. The Morgan fingerprint density at radius 1 is 1.24 bits per heavy atom. The van der Waals surface area contributed by atoms with Crippen molar-refractivity contribution >= 4 is 16.9 Å². The smallest absolute Gasteiger partial charge is 0.220 e. The molecule has 0 radical (unpaired) electrons. The Morgan fingerprint density at radius 2 is 2.05 bits per heavy atom. The van der Waals surface area contributed by atoms with Gasteiger partial charge in [0.25, 0.3) is 0 Å². The van der Waals surface area contributed by atoms with Gasteiger partial charge < -0.3 is 9.73 Å². The lowest BCUT2D eigenvalue weighted by molar-refractivity contribution is -0.121. The summed E-state index contributed by atoms with van der Waals surface area (Å²) in [6, 6.07) is 8.04. The minimum atomic E-state index is 0.0444. The highest BCUT2D eigenvalue weighted by molar-refractivity contribution is 5.82. The highest BCUT2D eigenvalue weighted by Crippen LogP contribution is 2.26. The Bertz CT molecular complexity index is 625. The van der Waals surface area contributed by atoms with E-state index in [0.29, 0.717) is 13.0 Å². The third-order valence-electron chi connectivity index (χ3n) is 3.49. The molecule has 0 fully saturated rings. The molecule has 1 aromatic heterocycles. The van der Waals surface area contributed by atoms with Crippen LogP contribution in [0.25, 0.3) is 11.0 Å². The lowest BCUT2D eigenvalue weighted by Gasteiger charge is -2.03. The van der Waals surface area contributed by atoms with Crippen molar-refractivity contribution in [2.45, 2.75) is 46.1 Å². The molecule has 0 atom stereocenters. The molecule has 3 heteroatoms. The third-order valence-corrected chi connectivity index (χ3v) is 3.49. The Kier molecular flexibility index (Phi) is 5.61. The van der Waals surface area contributed by atoms with Gasteiger partial charge in [-0.1, -0.05) is 50.6 Å². The fourth-order valence-corrected chi connectivity index (χ4v) is 2.31. The number of fused-ring (bicyclic) bond motifs is 1. The normalized spacial score (nSPS) is 11.3. The van der Waals surface area contributed by atoms with E-state index < -0.39 is 0 Å². The van der Waals surface area contributed by atoms with Crippen molar-refractivity contribution in [2.24, 2.45) is 0 Å². The molecule has 0 spiro atoms. The second-order valence-electron chi connectivity index (χ2n) is 5.09. The molecule has 2 rings (SSSR count). The Morgan fingerprint density at radius 3 is 2.81 bits per heavy atom. The van der Waals surface area contributed by atoms with Gasteiger partial charge in [0.2, 0.25) is 5.91 Å². The van der Waals surface area contributed by atoms with Gasteiger partial charge in [-0.3, -0.25) is 4.79 Å². The van der Waals surface area contributed by atoms with Crippen LogP contribution in [0.15, 0.2) is 40.8 Å². The molecule has 2 aromatic rings. The second-order valence-corrected chi connectivity index (χ2v) is 5.09. The zero-order valence-electron chi connectivity index (χ0n) is 12.8. The zero-order valence-corrected chi connectivity index (χ0v) is 12.8. The molecule has 0 saturated heterocycles. The van der Waals surface area contributed by atoms with Gasteiger partial charge in [0.1, 0.15) is 11.3 Å². The van der Waals surface area contributed by atoms with E-state index in [9.17, 15) is 4.79 Å². The monoisotopic (exact) mass is 285 g/mol. The average molecular weight is 285 g/mol. The van der Waals surface area contributed by atoms with Crippen LogP contribution < -0.4 is 5.32 Å². The first-order valence-electron chi connectivity index (χ1n) is 7.67. The number of nitrogens with one attached hydrogen (secondary N) is 1. The molecule has 1 heterocycles. The summed E-state index contributed by atoms with van der Waals surface area (Å²) < 4.78 is 5.90. The number of unbranched alkanes of at least 4 members (excludes halogenated alkanes) is 1. The van der Waals surface area contributed by atoms with Crippen LogP contribution >= 0.6 is 0 Å². The van der Waals surface area contributed by atoms with Crippen LogP contribution in [0.1, 0.15) is 44.4 Å². The minimum Gasteiger partial charge on any atom is -0.459 e. The summed E-state index contributed by atoms with van der Waals surface area (Å²) in [7, 11) is 0. The maximum atomic E-state index is 11.4. The lowest BCUT2D eigenvalue weighted by Crippen LogP contribution is -2.21. The quantitative estimate of drug-likeness (QED) is 0.768. The molecule has 0 bridgehead atoms. The van der Waals surface area contributed by atoms with E-state index in [0.717, 1.165) is 36.0 Å². The highest BCUT2D eigenvalue weighted by Gasteiger charge is 2.13. The topological polar surface area (TPSA) is 42.2 Å². The maximum Gasteiger partial charge on any atom is 0.220 e. The van der Waals surface area contributed by atoms with Gasteiger partial charge in [-0.25, -0.2) is 0 Å². The van der Waals surface area contributed by atoms with Crippen molar-refractivity contribution in [2.75, 3.05) is 0 Å². The van der Waals surface area contributed by atoms with E-state index in [1.54, 1.807) is 0 Å². The van der Waals surface area contributed by atoms with Crippen molar-refractivity contribution in [3.05, 3.63) is 47.7 Å². The van der Waals surface area contributed by atoms with Crippen molar-refractivity contribution in [3.8, 4) is 0 Å². The number of carbonyl (C=O) groups excluding carboxylic acids is 1. The Balaban J connectivity index is 2.23. The number of para-hydroxylation sites is 1. The van der Waals surface area contributed by atoms with Gasteiger partial charge in [-0.2, -0.15) is 0 Å². The molecule has 0 aliphatic carbocycles. The van der Waals surface area contributed by atoms with E-state index in [2.05, 4.69) is 30.5 Å². The second kappa shape index (κ2) is 7.67. The third kappa shape index (κ3) is 3.97. The van der Waals surface area contributed by atoms with E-state index in [-0.39, 0.29) is 5.91 Å². The first-order valence-corrected chi connectivity index (χ1v) is 7.67. The molecule has 1 amide bonds. The molecular weight excluding hydrogens is 262 g/mol. The number of benzene rings is 1. The largest absolute Gasteiger partial charge is 0.459 e. The van der Waals surface area contributed by atoms with Crippen molar-refractivity contribution in [1.29, 1.82) is 0 Å². The van der Waals surface area contributed by atoms with Crippen molar-refractivity contribution in [1.82, 2.24) is 5.32 Å². The average Bonchev–Trinajstić information content (AvgIpc) is 2.87. The molecule has 1 aromatic carbocycles. The summed E-state index contributed by atoms with van der Waals surface area (Å²) in [5, 5.41) is 4.03. The fraction of sp³-hybridized carbons (Fsp3) is 0.389. The summed E-state index contributed by atoms with van der Waals surface area (Å²) in [4.78, 5) is 11.4. The Labute approximate surface area is 126 Å². The van der Waals surface area contributed by atoms with Crippen LogP contribution in [0.5, 0.6) is 0 Å². The lowest BCUT2D eigenvalue weighted by atomic mass is 10.1. The summed E-state index contributed by atoms with van der Waals surface area (Å²) >= 11 is 0. The number of rotatable bonds is 7. The molecular formula is C18H23NO2. The molecule has 0 unspecified atom stereocenters. The van der Waals surface area contributed by atoms with E-state index in [4.69, 9.17) is 4.42 Å². The zero-order chi connectivity index (χ0) is 15.1. The minimum absolute atomic E-state index is 0.0444. The summed E-state index contributed by atoms with van der Waals surface area (Å²) in [5.74, 6) is 0.905. The standard InChI is InChI=1S/C18H23NO2/c1-3-5-6-7-10-15-14-11-8-9-12-16(14)21-17(15)13-19-18(20)4-2/h6-9,11-12H,3-5,10,13H2,1-2H3,(H,19,20)/b7-6+. The Hall–Kier alpha value is -2.03. The highest BCUT2D eigenvalue weighted by atomic mass is 16.3. The number of carbonyl (C=O) groups is 1. The van der Waals surface area contributed by atoms with Gasteiger partial charge >= 0.3 is 0 Å². The van der Waals surface area contributed by atoms with E-state index in [1.807, 2.05) is 25.1 Å². The summed E-state index contributed by atoms with van der Waals surface area (Å²) in [6.45, 7) is 4.48. The number of furan rings is 1. The number of allylic oxidation sites excluding steroid dienone is 2. The summed E-state index contributed by atoms with van der Waals surface area (Å²) in [5.41, 5.74) is 2.06. The molecule has 21 heavy (non-hydrogen) atoms. The van der Waals surface area contributed by atoms with Crippen LogP contribution in [0, 0.1) is 0 Å². The predicted molar refractivity (Wildman–Crippen MR) is 86.1 cm³/mol.